The Morgan fingerprint density at radius 1 is 1.35 bits per heavy atom. The topological polar surface area (TPSA) is 84.2 Å². The minimum absolute atomic E-state index is 0.0303. The van der Waals surface area contributed by atoms with Crippen LogP contribution in [-0.2, 0) is 16.1 Å². The van der Waals surface area contributed by atoms with Crippen LogP contribution < -0.4 is 5.32 Å². The largest absolute Gasteiger partial charge is 0.480 e. The van der Waals surface area contributed by atoms with E-state index in [0.717, 1.165) is 17.3 Å². The summed E-state index contributed by atoms with van der Waals surface area (Å²) in [6.07, 6.45) is 3.51. The zero-order valence-corrected chi connectivity index (χ0v) is 10.9. The standard InChI is InChI=1S/C14H15N3O3/c18-12(16-14(13(19)20)6-3-7-14)9-17-11-5-2-1-4-10(11)8-15-17/h1-2,4-5,8H,3,6-7,9H2,(H,16,18)(H,19,20). The summed E-state index contributed by atoms with van der Waals surface area (Å²) < 4.78 is 1.58. The average molecular weight is 273 g/mol. The van der Waals surface area contributed by atoms with Gasteiger partial charge in [0.15, 0.2) is 0 Å². The Labute approximate surface area is 115 Å². The molecule has 1 aromatic heterocycles. The van der Waals surface area contributed by atoms with Crippen LogP contribution in [0.2, 0.25) is 0 Å². The first-order valence-electron chi connectivity index (χ1n) is 6.56. The lowest BCUT2D eigenvalue weighted by atomic mass is 9.77. The highest BCUT2D eigenvalue weighted by atomic mass is 16.4. The van der Waals surface area contributed by atoms with Crippen LogP contribution in [-0.4, -0.2) is 32.3 Å². The molecule has 6 heteroatoms. The van der Waals surface area contributed by atoms with E-state index in [1.807, 2.05) is 24.3 Å². The number of fused-ring (bicyclic) bond motifs is 1. The Bertz CT molecular complexity index is 673. The number of carbonyl (C=O) groups excluding carboxylic acids is 1. The molecule has 3 rings (SSSR count). The molecule has 1 aromatic carbocycles. The number of benzene rings is 1. The molecule has 1 aliphatic rings. The van der Waals surface area contributed by atoms with E-state index in [1.165, 1.54) is 0 Å². The highest BCUT2D eigenvalue weighted by molar-refractivity contribution is 5.88. The van der Waals surface area contributed by atoms with E-state index in [1.54, 1.807) is 10.9 Å². The third-order valence-corrected chi connectivity index (χ3v) is 3.84. The fraction of sp³-hybridized carbons (Fsp3) is 0.357. The van der Waals surface area contributed by atoms with Gasteiger partial charge in [-0.1, -0.05) is 18.2 Å². The number of nitrogens with one attached hydrogen (secondary N) is 1. The maximum Gasteiger partial charge on any atom is 0.329 e. The van der Waals surface area contributed by atoms with Crippen LogP contribution >= 0.6 is 0 Å². The fourth-order valence-corrected chi connectivity index (χ4v) is 2.52. The summed E-state index contributed by atoms with van der Waals surface area (Å²) in [4.78, 5) is 23.2. The van der Waals surface area contributed by atoms with Crippen molar-refractivity contribution >= 4 is 22.8 Å². The molecule has 0 aliphatic heterocycles. The Morgan fingerprint density at radius 2 is 2.10 bits per heavy atom. The molecular weight excluding hydrogens is 258 g/mol. The number of aromatic nitrogens is 2. The molecule has 1 fully saturated rings. The molecule has 1 amide bonds. The maximum absolute atomic E-state index is 12.0. The van der Waals surface area contributed by atoms with Gasteiger partial charge in [-0.2, -0.15) is 5.10 Å². The molecular formula is C14H15N3O3. The second-order valence-corrected chi connectivity index (χ2v) is 5.15. The fourth-order valence-electron chi connectivity index (χ4n) is 2.52. The first-order chi connectivity index (χ1) is 9.61. The first-order valence-corrected chi connectivity index (χ1v) is 6.56. The molecule has 0 bridgehead atoms. The molecule has 0 atom stereocenters. The number of carbonyl (C=O) groups is 2. The van der Waals surface area contributed by atoms with Gasteiger partial charge in [0.05, 0.1) is 11.7 Å². The molecule has 2 N–H and O–H groups in total. The Balaban J connectivity index is 1.75. The van der Waals surface area contributed by atoms with Crippen molar-refractivity contribution in [2.24, 2.45) is 0 Å². The van der Waals surface area contributed by atoms with Crippen LogP contribution in [0.5, 0.6) is 0 Å². The summed E-state index contributed by atoms with van der Waals surface area (Å²) in [5.41, 5.74) is -0.208. The Hall–Kier alpha value is -2.37. The molecule has 0 saturated heterocycles. The normalized spacial score (nSPS) is 16.6. The van der Waals surface area contributed by atoms with Gasteiger partial charge in [-0.05, 0) is 25.3 Å². The van der Waals surface area contributed by atoms with Crippen molar-refractivity contribution in [3.63, 3.8) is 0 Å². The predicted octanol–water partition coefficient (Wildman–Crippen LogP) is 1.16. The molecule has 1 saturated carbocycles. The molecule has 20 heavy (non-hydrogen) atoms. The number of para-hydroxylation sites is 1. The minimum atomic E-state index is -1.07. The molecule has 2 aromatic rings. The van der Waals surface area contributed by atoms with Crippen LogP contribution in [0, 0.1) is 0 Å². The number of carboxylic acid groups (broad SMARTS) is 1. The van der Waals surface area contributed by atoms with Gasteiger partial charge in [-0.3, -0.25) is 9.48 Å². The minimum Gasteiger partial charge on any atom is -0.480 e. The average Bonchev–Trinajstić information content (AvgIpc) is 2.77. The van der Waals surface area contributed by atoms with Crippen molar-refractivity contribution in [2.75, 3.05) is 0 Å². The predicted molar refractivity (Wildman–Crippen MR) is 72.1 cm³/mol. The molecule has 6 nitrogen and oxygen atoms in total. The van der Waals surface area contributed by atoms with E-state index >= 15 is 0 Å². The van der Waals surface area contributed by atoms with Crippen molar-refractivity contribution < 1.29 is 14.7 Å². The van der Waals surface area contributed by atoms with E-state index < -0.39 is 11.5 Å². The van der Waals surface area contributed by atoms with Crippen molar-refractivity contribution in [3.8, 4) is 0 Å². The molecule has 0 unspecified atom stereocenters. The van der Waals surface area contributed by atoms with Crippen molar-refractivity contribution in [3.05, 3.63) is 30.5 Å². The molecule has 1 aliphatic carbocycles. The number of amides is 1. The number of hydrogen-bond acceptors (Lipinski definition) is 3. The van der Waals surface area contributed by atoms with E-state index in [9.17, 15) is 14.7 Å². The van der Waals surface area contributed by atoms with E-state index in [2.05, 4.69) is 10.4 Å². The summed E-state index contributed by atoms with van der Waals surface area (Å²) in [7, 11) is 0. The third kappa shape index (κ3) is 2.03. The van der Waals surface area contributed by atoms with E-state index in [0.29, 0.717) is 12.8 Å². The monoisotopic (exact) mass is 273 g/mol. The third-order valence-electron chi connectivity index (χ3n) is 3.84. The smallest absolute Gasteiger partial charge is 0.329 e. The SMILES string of the molecule is O=C(Cn1ncc2ccccc21)NC1(C(=O)O)CCC1. The lowest BCUT2D eigenvalue weighted by Crippen LogP contribution is -2.59. The van der Waals surface area contributed by atoms with Crippen LogP contribution in [0.1, 0.15) is 19.3 Å². The van der Waals surface area contributed by atoms with Gasteiger partial charge in [0.1, 0.15) is 12.1 Å². The van der Waals surface area contributed by atoms with Crippen molar-refractivity contribution in [1.82, 2.24) is 15.1 Å². The van der Waals surface area contributed by atoms with E-state index in [4.69, 9.17) is 0 Å². The van der Waals surface area contributed by atoms with Gasteiger partial charge in [-0.15, -0.1) is 0 Å². The summed E-state index contributed by atoms with van der Waals surface area (Å²) in [6, 6.07) is 7.58. The molecule has 0 spiro atoms. The Morgan fingerprint density at radius 3 is 2.75 bits per heavy atom. The Kier molecular flexibility index (Phi) is 2.93. The number of carboxylic acids is 1. The summed E-state index contributed by atoms with van der Waals surface area (Å²) >= 11 is 0. The second kappa shape index (κ2) is 4.63. The zero-order valence-electron chi connectivity index (χ0n) is 10.9. The van der Waals surface area contributed by atoms with Crippen molar-refractivity contribution in [1.29, 1.82) is 0 Å². The quantitative estimate of drug-likeness (QED) is 0.875. The molecule has 104 valence electrons. The van der Waals surface area contributed by atoms with Crippen molar-refractivity contribution in [2.45, 2.75) is 31.3 Å². The van der Waals surface area contributed by atoms with Crippen LogP contribution in [0.25, 0.3) is 10.9 Å². The summed E-state index contributed by atoms with van der Waals surface area (Å²) in [6.45, 7) is 0.0303. The lowest BCUT2D eigenvalue weighted by Gasteiger charge is -2.38. The van der Waals surface area contributed by atoms with Crippen LogP contribution in [0.15, 0.2) is 30.5 Å². The second-order valence-electron chi connectivity index (χ2n) is 5.15. The molecule has 0 radical (unpaired) electrons. The van der Waals surface area contributed by atoms with Crippen LogP contribution in [0.4, 0.5) is 0 Å². The lowest BCUT2D eigenvalue weighted by molar-refractivity contribution is -0.151. The van der Waals surface area contributed by atoms with Gasteiger partial charge in [0.25, 0.3) is 0 Å². The molecule has 1 heterocycles. The number of hydrogen-bond donors (Lipinski definition) is 2. The maximum atomic E-state index is 12.0. The van der Waals surface area contributed by atoms with E-state index in [-0.39, 0.29) is 12.5 Å². The number of nitrogens with zero attached hydrogens (tertiary/aromatic N) is 2. The number of aliphatic carboxylic acids is 1. The van der Waals surface area contributed by atoms with Gasteiger partial charge in [0, 0.05) is 5.39 Å². The first kappa shape index (κ1) is 12.7. The van der Waals surface area contributed by atoms with Crippen LogP contribution in [0.3, 0.4) is 0 Å². The van der Waals surface area contributed by atoms with Gasteiger partial charge < -0.3 is 10.4 Å². The summed E-state index contributed by atoms with van der Waals surface area (Å²) in [5.74, 6) is -1.27. The zero-order chi connectivity index (χ0) is 14.2. The number of rotatable bonds is 4. The van der Waals surface area contributed by atoms with Gasteiger partial charge in [0.2, 0.25) is 5.91 Å². The van der Waals surface area contributed by atoms with Gasteiger partial charge >= 0.3 is 5.97 Å². The summed E-state index contributed by atoms with van der Waals surface area (Å²) in [5, 5.41) is 16.9. The highest BCUT2D eigenvalue weighted by Crippen LogP contribution is 2.32. The van der Waals surface area contributed by atoms with Gasteiger partial charge in [-0.25, -0.2) is 4.79 Å². The highest BCUT2D eigenvalue weighted by Gasteiger charge is 2.45.